The first-order valence-electron chi connectivity index (χ1n) is 7.39. The summed E-state index contributed by atoms with van der Waals surface area (Å²) in [4.78, 5) is 20.5. The molecular formula is C16H21N3O2S. The molecule has 0 bridgehead atoms. The number of ether oxygens (including phenoxy) is 1. The van der Waals surface area contributed by atoms with Gasteiger partial charge in [0, 0.05) is 24.5 Å². The molecule has 0 aromatic carbocycles. The molecule has 1 amide bonds. The Hall–Kier alpha value is -1.79. The summed E-state index contributed by atoms with van der Waals surface area (Å²) in [5.74, 6) is 0.0275. The summed E-state index contributed by atoms with van der Waals surface area (Å²) in [6, 6.07) is 5.76. The number of thiazole rings is 1. The molecule has 0 atom stereocenters. The molecule has 0 saturated carbocycles. The van der Waals surface area contributed by atoms with E-state index < -0.39 is 0 Å². The van der Waals surface area contributed by atoms with Gasteiger partial charge in [0.25, 0.3) is 0 Å². The van der Waals surface area contributed by atoms with E-state index in [1.807, 2.05) is 37.4 Å². The average Bonchev–Trinajstić information content (AvgIpc) is 2.99. The Kier molecular flexibility index (Phi) is 6.48. The Morgan fingerprint density at radius 2 is 2.27 bits per heavy atom. The number of carbonyl (C=O) groups excluding carboxylic acids is 1. The van der Waals surface area contributed by atoms with Crippen molar-refractivity contribution in [3.8, 4) is 10.7 Å². The number of rotatable bonds is 8. The molecule has 6 heteroatoms. The van der Waals surface area contributed by atoms with Gasteiger partial charge in [-0.25, -0.2) is 4.98 Å². The third kappa shape index (κ3) is 5.54. The van der Waals surface area contributed by atoms with Crippen molar-refractivity contribution in [2.45, 2.75) is 32.8 Å². The number of hydrogen-bond acceptors (Lipinski definition) is 5. The molecule has 118 valence electrons. The molecule has 0 unspecified atom stereocenters. The topological polar surface area (TPSA) is 64.1 Å². The number of carbonyl (C=O) groups is 1. The highest BCUT2D eigenvalue weighted by molar-refractivity contribution is 7.13. The van der Waals surface area contributed by atoms with Gasteiger partial charge in [-0.2, -0.15) is 0 Å². The maximum Gasteiger partial charge on any atom is 0.220 e. The molecule has 2 aromatic heterocycles. The predicted octanol–water partition coefficient (Wildman–Crippen LogP) is 2.68. The van der Waals surface area contributed by atoms with Crippen molar-refractivity contribution in [2.24, 2.45) is 0 Å². The second-order valence-corrected chi connectivity index (χ2v) is 5.99. The molecule has 0 radical (unpaired) electrons. The largest absolute Gasteiger partial charge is 0.377 e. The van der Waals surface area contributed by atoms with E-state index in [-0.39, 0.29) is 12.0 Å². The van der Waals surface area contributed by atoms with Crippen molar-refractivity contribution in [1.29, 1.82) is 0 Å². The second-order valence-electron chi connectivity index (χ2n) is 5.13. The number of pyridine rings is 1. The molecule has 0 saturated heterocycles. The fourth-order valence-corrected chi connectivity index (χ4v) is 2.67. The molecule has 2 rings (SSSR count). The SMILES string of the molecule is CC(C)OCCNC(=O)CCc1csc(-c2ccccn2)n1. The first-order valence-corrected chi connectivity index (χ1v) is 8.27. The number of aryl methyl sites for hydroxylation is 1. The molecule has 0 fully saturated rings. The fraction of sp³-hybridized carbons (Fsp3) is 0.438. The van der Waals surface area contributed by atoms with Gasteiger partial charge in [-0.05, 0) is 32.4 Å². The van der Waals surface area contributed by atoms with Crippen LogP contribution in [0.3, 0.4) is 0 Å². The molecule has 1 N–H and O–H groups in total. The maximum absolute atomic E-state index is 11.7. The summed E-state index contributed by atoms with van der Waals surface area (Å²) >= 11 is 1.55. The van der Waals surface area contributed by atoms with Crippen molar-refractivity contribution in [1.82, 2.24) is 15.3 Å². The Bertz CT molecular complexity index is 584. The Balaban J connectivity index is 1.73. The van der Waals surface area contributed by atoms with Gasteiger partial charge in [-0.1, -0.05) is 6.07 Å². The number of nitrogens with one attached hydrogen (secondary N) is 1. The third-order valence-electron chi connectivity index (χ3n) is 2.92. The van der Waals surface area contributed by atoms with Crippen molar-refractivity contribution in [3.05, 3.63) is 35.5 Å². The van der Waals surface area contributed by atoms with Gasteiger partial charge in [0.1, 0.15) is 5.01 Å². The minimum Gasteiger partial charge on any atom is -0.377 e. The van der Waals surface area contributed by atoms with Crippen molar-refractivity contribution >= 4 is 17.2 Å². The van der Waals surface area contributed by atoms with E-state index in [9.17, 15) is 4.79 Å². The smallest absolute Gasteiger partial charge is 0.220 e. The highest BCUT2D eigenvalue weighted by Crippen LogP contribution is 2.21. The van der Waals surface area contributed by atoms with Gasteiger partial charge in [0.15, 0.2) is 0 Å². The third-order valence-corrected chi connectivity index (χ3v) is 3.83. The van der Waals surface area contributed by atoms with Crippen LogP contribution in [-0.2, 0) is 16.0 Å². The normalized spacial score (nSPS) is 10.9. The van der Waals surface area contributed by atoms with Crippen molar-refractivity contribution in [2.75, 3.05) is 13.2 Å². The van der Waals surface area contributed by atoms with Gasteiger partial charge >= 0.3 is 0 Å². The lowest BCUT2D eigenvalue weighted by Gasteiger charge is -2.08. The molecule has 22 heavy (non-hydrogen) atoms. The van der Waals surface area contributed by atoms with Crippen LogP contribution in [0.2, 0.25) is 0 Å². The lowest BCUT2D eigenvalue weighted by atomic mass is 10.2. The van der Waals surface area contributed by atoms with Crippen LogP contribution >= 0.6 is 11.3 Å². The van der Waals surface area contributed by atoms with E-state index in [2.05, 4.69) is 15.3 Å². The zero-order valence-corrected chi connectivity index (χ0v) is 13.7. The zero-order valence-electron chi connectivity index (χ0n) is 12.9. The number of amides is 1. The van der Waals surface area contributed by atoms with Crippen LogP contribution in [0.25, 0.3) is 10.7 Å². The van der Waals surface area contributed by atoms with E-state index in [4.69, 9.17) is 4.74 Å². The Morgan fingerprint density at radius 3 is 3.00 bits per heavy atom. The van der Waals surface area contributed by atoms with Gasteiger partial charge in [-0.15, -0.1) is 11.3 Å². The maximum atomic E-state index is 11.7. The van der Waals surface area contributed by atoms with E-state index in [1.165, 1.54) is 0 Å². The molecule has 5 nitrogen and oxygen atoms in total. The molecule has 0 spiro atoms. The van der Waals surface area contributed by atoms with Crippen LogP contribution in [-0.4, -0.2) is 35.1 Å². The summed E-state index contributed by atoms with van der Waals surface area (Å²) < 4.78 is 5.37. The predicted molar refractivity (Wildman–Crippen MR) is 87.8 cm³/mol. The minimum atomic E-state index is 0.0275. The minimum absolute atomic E-state index is 0.0275. The van der Waals surface area contributed by atoms with Crippen molar-refractivity contribution in [3.63, 3.8) is 0 Å². The molecule has 0 aliphatic heterocycles. The molecule has 2 heterocycles. The molecular weight excluding hydrogens is 298 g/mol. The Labute approximate surface area is 134 Å². The summed E-state index contributed by atoms with van der Waals surface area (Å²) in [5, 5.41) is 5.72. The second kappa shape index (κ2) is 8.60. The number of aromatic nitrogens is 2. The lowest BCUT2D eigenvalue weighted by molar-refractivity contribution is -0.121. The number of nitrogens with zero attached hydrogens (tertiary/aromatic N) is 2. The van der Waals surface area contributed by atoms with Crippen LogP contribution in [0.4, 0.5) is 0 Å². The van der Waals surface area contributed by atoms with E-state index in [1.54, 1.807) is 17.5 Å². The van der Waals surface area contributed by atoms with E-state index >= 15 is 0 Å². The van der Waals surface area contributed by atoms with Crippen LogP contribution < -0.4 is 5.32 Å². The first-order chi connectivity index (χ1) is 10.6. The number of hydrogen-bond donors (Lipinski definition) is 1. The van der Waals surface area contributed by atoms with Gasteiger partial charge in [-0.3, -0.25) is 9.78 Å². The lowest BCUT2D eigenvalue weighted by Crippen LogP contribution is -2.28. The Morgan fingerprint density at radius 1 is 1.41 bits per heavy atom. The zero-order chi connectivity index (χ0) is 15.8. The summed E-state index contributed by atoms with van der Waals surface area (Å²) in [6.45, 7) is 5.05. The fourth-order valence-electron chi connectivity index (χ4n) is 1.84. The van der Waals surface area contributed by atoms with Gasteiger partial charge in [0.05, 0.1) is 24.1 Å². The van der Waals surface area contributed by atoms with Crippen molar-refractivity contribution < 1.29 is 9.53 Å². The molecule has 0 aliphatic rings. The van der Waals surface area contributed by atoms with Crippen LogP contribution in [0.1, 0.15) is 26.0 Å². The summed E-state index contributed by atoms with van der Waals surface area (Å²) in [6.07, 6.45) is 3.02. The quantitative estimate of drug-likeness (QED) is 0.760. The average molecular weight is 319 g/mol. The highest BCUT2D eigenvalue weighted by atomic mass is 32.1. The van der Waals surface area contributed by atoms with Crippen LogP contribution in [0, 0.1) is 0 Å². The monoisotopic (exact) mass is 319 g/mol. The summed E-state index contributed by atoms with van der Waals surface area (Å²) in [7, 11) is 0. The summed E-state index contributed by atoms with van der Waals surface area (Å²) in [5.41, 5.74) is 1.80. The molecule has 2 aromatic rings. The van der Waals surface area contributed by atoms with Crippen LogP contribution in [0.5, 0.6) is 0 Å². The molecule has 0 aliphatic carbocycles. The van der Waals surface area contributed by atoms with Crippen LogP contribution in [0.15, 0.2) is 29.8 Å². The highest BCUT2D eigenvalue weighted by Gasteiger charge is 2.07. The van der Waals surface area contributed by atoms with Gasteiger partial charge in [0.2, 0.25) is 5.91 Å². The van der Waals surface area contributed by atoms with E-state index in [0.717, 1.165) is 16.4 Å². The van der Waals surface area contributed by atoms with E-state index in [0.29, 0.717) is 26.0 Å². The first kappa shape index (κ1) is 16.6. The van der Waals surface area contributed by atoms with Gasteiger partial charge < -0.3 is 10.1 Å². The standard InChI is InChI=1S/C16H21N3O2S/c1-12(2)21-10-9-18-15(20)7-6-13-11-22-16(19-13)14-5-3-4-8-17-14/h3-5,8,11-12H,6-7,9-10H2,1-2H3,(H,18,20).